The number of aromatic nitrogens is 5. The van der Waals surface area contributed by atoms with Crippen molar-refractivity contribution in [2.45, 2.75) is 56.9 Å². The molecule has 0 bridgehead atoms. The first-order valence-electron chi connectivity index (χ1n) is 15.9. The van der Waals surface area contributed by atoms with Crippen LogP contribution in [0.25, 0.3) is 0 Å². The van der Waals surface area contributed by atoms with Gasteiger partial charge in [-0.05, 0) is 70.4 Å². The number of allylic oxidation sites excluding steroid dienone is 4. The fourth-order valence-electron chi connectivity index (χ4n) is 6.46. The van der Waals surface area contributed by atoms with Crippen LogP contribution in [0.1, 0.15) is 78.4 Å². The van der Waals surface area contributed by atoms with Crippen LogP contribution in [-0.4, -0.2) is 50.9 Å². The maximum Gasteiger partial charge on any atom is 0.409 e. The van der Waals surface area contributed by atoms with Crippen LogP contribution >= 0.6 is 11.6 Å². The van der Waals surface area contributed by atoms with Gasteiger partial charge < -0.3 is 14.8 Å². The molecule has 46 heavy (non-hydrogen) atoms. The van der Waals surface area contributed by atoms with Crippen LogP contribution < -0.4 is 4.73 Å². The third-order valence-electron chi connectivity index (χ3n) is 8.90. The molecule has 2 aromatic heterocycles. The summed E-state index contributed by atoms with van der Waals surface area (Å²) >= 11 is 6.41. The van der Waals surface area contributed by atoms with E-state index in [1.807, 2.05) is 67.3 Å². The van der Waals surface area contributed by atoms with Crippen molar-refractivity contribution in [1.29, 1.82) is 0 Å². The van der Waals surface area contributed by atoms with Crippen LogP contribution in [0, 0.1) is 11.1 Å². The van der Waals surface area contributed by atoms with E-state index < -0.39 is 0 Å². The number of carbonyl (C=O) groups excluding carboxylic acids is 1. The largest absolute Gasteiger partial charge is 0.618 e. The monoisotopic (exact) mass is 638 g/mol. The van der Waals surface area contributed by atoms with E-state index in [1.165, 1.54) is 5.56 Å². The number of likely N-dealkylation sites (tertiary alicyclic amines) is 1. The Morgan fingerprint density at radius 1 is 1.07 bits per heavy atom. The Morgan fingerprint density at radius 2 is 1.87 bits per heavy atom. The van der Waals surface area contributed by atoms with Gasteiger partial charge in [0.2, 0.25) is 5.69 Å². The molecule has 238 valence electrons. The first kappa shape index (κ1) is 31.5. The molecule has 4 aromatic rings. The van der Waals surface area contributed by atoms with Gasteiger partial charge in [-0.1, -0.05) is 92.2 Å². The molecule has 0 saturated carbocycles. The highest BCUT2D eigenvalue weighted by Gasteiger charge is 2.30. The fraction of sp³-hybridized carbons (Fsp3) is 0.361. The van der Waals surface area contributed by atoms with Crippen LogP contribution in [0.4, 0.5) is 4.79 Å². The molecule has 2 aromatic carbocycles. The number of tetrazole rings is 1. The number of carbonyl (C=O) groups is 1. The highest BCUT2D eigenvalue weighted by molar-refractivity contribution is 6.31. The van der Waals surface area contributed by atoms with Crippen molar-refractivity contribution in [2.24, 2.45) is 5.92 Å². The predicted octanol–water partition coefficient (Wildman–Crippen LogP) is 6.67. The molecular weight excluding hydrogens is 600 g/mol. The second kappa shape index (κ2) is 14.3. The van der Waals surface area contributed by atoms with Gasteiger partial charge in [0.25, 0.3) is 0 Å². The third-order valence-corrected chi connectivity index (χ3v) is 9.15. The molecule has 3 heterocycles. The van der Waals surface area contributed by atoms with Crippen LogP contribution in [-0.2, 0) is 11.2 Å². The van der Waals surface area contributed by atoms with Crippen molar-refractivity contribution in [2.75, 3.05) is 19.7 Å². The molecule has 1 aliphatic heterocycles. The number of nitrogens with zero attached hydrogens (tertiary/aromatic N) is 6. The van der Waals surface area contributed by atoms with E-state index in [4.69, 9.17) is 16.3 Å². The lowest BCUT2D eigenvalue weighted by molar-refractivity contribution is -0.615. The SMILES string of the molecule is CC(C)COC(=O)N1CCC(c2cccc([C@H](Cc3ccccc3)c3ccc(C4C=C(Cl)C=CC4n4cnnn4)c[n+]3[O-])c2)CC1. The second-order valence-corrected chi connectivity index (χ2v) is 13.0. The van der Waals surface area contributed by atoms with Crippen molar-refractivity contribution in [3.8, 4) is 0 Å². The molecule has 0 N–H and O–H groups in total. The summed E-state index contributed by atoms with van der Waals surface area (Å²) in [7, 11) is 0. The Morgan fingerprint density at radius 3 is 2.59 bits per heavy atom. The standard InChI is InChI=1S/C36H39ClN6O3/c1-25(2)23-46-36(44)41-17-15-27(16-18-41)28-9-6-10-29(20-28)32(19-26-7-4-3-5-8-26)35-13-11-30(22-43(35)45)33-21-31(37)12-14-34(33)42-24-38-39-40-42/h3-14,20-22,24-25,27,32-34H,15-19,23H2,1-2H3/t32-,33?,34?/m0/s1. The minimum atomic E-state index is -0.224. The zero-order valence-corrected chi connectivity index (χ0v) is 26.9. The highest BCUT2D eigenvalue weighted by atomic mass is 35.5. The van der Waals surface area contributed by atoms with Gasteiger partial charge in [0.1, 0.15) is 6.33 Å². The molecule has 2 unspecified atom stereocenters. The fourth-order valence-corrected chi connectivity index (χ4v) is 6.67. The summed E-state index contributed by atoms with van der Waals surface area (Å²) in [6.07, 6.45) is 11.1. The number of benzene rings is 2. The van der Waals surface area contributed by atoms with Crippen LogP contribution in [0.2, 0.25) is 0 Å². The number of ether oxygens (including phenoxy) is 1. The number of hydrogen-bond donors (Lipinski definition) is 0. The van der Waals surface area contributed by atoms with Gasteiger partial charge in [-0.3, -0.25) is 0 Å². The summed E-state index contributed by atoms with van der Waals surface area (Å²) in [4.78, 5) is 14.3. The first-order valence-corrected chi connectivity index (χ1v) is 16.3. The van der Waals surface area contributed by atoms with Crippen LogP contribution in [0.15, 0.2) is 103 Å². The third kappa shape index (κ3) is 7.31. The van der Waals surface area contributed by atoms with Crippen molar-refractivity contribution in [3.63, 3.8) is 0 Å². The van der Waals surface area contributed by atoms with E-state index in [0.29, 0.717) is 48.7 Å². The summed E-state index contributed by atoms with van der Waals surface area (Å²) in [5, 5.41) is 26.2. The zero-order chi connectivity index (χ0) is 32.0. The lowest BCUT2D eigenvalue weighted by Gasteiger charge is -2.32. The normalized spacial score (nSPS) is 19.2. The summed E-state index contributed by atoms with van der Waals surface area (Å²) in [6, 6.07) is 22.7. The summed E-state index contributed by atoms with van der Waals surface area (Å²) in [6.45, 7) is 5.85. The molecule has 0 spiro atoms. The Balaban J connectivity index is 1.26. The lowest BCUT2D eigenvalue weighted by Crippen LogP contribution is -2.38. The molecule has 1 saturated heterocycles. The van der Waals surface area contributed by atoms with E-state index in [9.17, 15) is 10.0 Å². The smallest absolute Gasteiger partial charge is 0.409 e. The maximum absolute atomic E-state index is 13.9. The van der Waals surface area contributed by atoms with Gasteiger partial charge >= 0.3 is 6.09 Å². The van der Waals surface area contributed by atoms with E-state index in [1.54, 1.807) is 17.2 Å². The highest BCUT2D eigenvalue weighted by Crippen LogP contribution is 2.37. The molecule has 2 aliphatic rings. The Kier molecular flexibility index (Phi) is 9.78. The minimum Gasteiger partial charge on any atom is -0.618 e. The van der Waals surface area contributed by atoms with Crippen molar-refractivity contribution in [3.05, 3.63) is 136 Å². The minimum absolute atomic E-state index is 0.166. The number of halogens is 1. The molecule has 9 nitrogen and oxygen atoms in total. The van der Waals surface area contributed by atoms with Gasteiger partial charge in [-0.15, -0.1) is 5.10 Å². The first-order chi connectivity index (χ1) is 22.4. The van der Waals surface area contributed by atoms with Gasteiger partial charge in [-0.2, -0.15) is 4.73 Å². The molecule has 10 heteroatoms. The molecule has 1 fully saturated rings. The average molecular weight is 639 g/mol. The molecule has 3 atom stereocenters. The van der Waals surface area contributed by atoms with E-state index in [0.717, 1.165) is 34.3 Å². The molecule has 1 amide bonds. The van der Waals surface area contributed by atoms with Crippen molar-refractivity contribution >= 4 is 17.7 Å². The zero-order valence-electron chi connectivity index (χ0n) is 26.2. The second-order valence-electron chi connectivity index (χ2n) is 12.6. The quantitative estimate of drug-likeness (QED) is 0.150. The molecule has 6 rings (SSSR count). The predicted molar refractivity (Wildman–Crippen MR) is 176 cm³/mol. The Bertz CT molecular complexity index is 1680. The van der Waals surface area contributed by atoms with E-state index in [2.05, 4.69) is 51.9 Å². The number of pyridine rings is 1. The summed E-state index contributed by atoms with van der Waals surface area (Å²) in [5.74, 6) is 0.263. The van der Waals surface area contributed by atoms with Gasteiger partial charge in [0.15, 0.2) is 6.20 Å². The van der Waals surface area contributed by atoms with Crippen molar-refractivity contribution < 1.29 is 14.3 Å². The van der Waals surface area contributed by atoms with Crippen molar-refractivity contribution in [1.82, 2.24) is 25.1 Å². The van der Waals surface area contributed by atoms with Gasteiger partial charge in [-0.25, -0.2) is 9.48 Å². The Hall–Kier alpha value is -4.50. The number of rotatable bonds is 9. The van der Waals surface area contributed by atoms with Gasteiger partial charge in [0.05, 0.1) is 18.6 Å². The number of hydrogen-bond acceptors (Lipinski definition) is 6. The van der Waals surface area contributed by atoms with E-state index >= 15 is 0 Å². The Labute approximate surface area is 274 Å². The maximum atomic E-state index is 13.9. The molecule has 0 radical (unpaired) electrons. The number of piperidine rings is 1. The number of amides is 1. The van der Waals surface area contributed by atoms with E-state index in [-0.39, 0.29) is 24.0 Å². The summed E-state index contributed by atoms with van der Waals surface area (Å²) in [5.41, 5.74) is 4.98. The lowest BCUT2D eigenvalue weighted by atomic mass is 9.83. The van der Waals surface area contributed by atoms with Gasteiger partial charge in [0, 0.05) is 35.7 Å². The topological polar surface area (TPSA) is 100 Å². The molecule has 1 aliphatic carbocycles. The van der Waals surface area contributed by atoms with Crippen LogP contribution in [0.5, 0.6) is 0 Å². The summed E-state index contributed by atoms with van der Waals surface area (Å²) < 4.78 is 8.14. The average Bonchev–Trinajstić information content (AvgIpc) is 3.62. The molecular formula is C36H39ClN6O3. The van der Waals surface area contributed by atoms with Crippen LogP contribution in [0.3, 0.4) is 0 Å².